The minimum atomic E-state index is -0.576. The molecule has 4 atom stereocenters. The van der Waals surface area contributed by atoms with Crippen LogP contribution in [0.25, 0.3) is 44.7 Å². The Hall–Kier alpha value is -4.59. The molecule has 13 heteroatoms. The van der Waals surface area contributed by atoms with Crippen LogP contribution < -0.4 is 10.5 Å². The Labute approximate surface area is 338 Å². The van der Waals surface area contributed by atoms with Crippen LogP contribution in [0.2, 0.25) is 0 Å². The molecule has 8 rings (SSSR count). The van der Waals surface area contributed by atoms with Gasteiger partial charge in [0, 0.05) is 40.5 Å². The van der Waals surface area contributed by atoms with E-state index >= 15 is 4.39 Å². The largest absolute Gasteiger partial charge is 0.465 e. The van der Waals surface area contributed by atoms with Gasteiger partial charge >= 0.3 is 6.09 Å². The van der Waals surface area contributed by atoms with Crippen LogP contribution in [0.4, 0.5) is 9.18 Å². The van der Waals surface area contributed by atoms with Crippen molar-refractivity contribution in [1.82, 2.24) is 34.3 Å². The van der Waals surface area contributed by atoms with Crippen LogP contribution in [0.1, 0.15) is 104 Å². The lowest BCUT2D eigenvalue weighted by atomic mass is 10.0. The van der Waals surface area contributed by atoms with Crippen molar-refractivity contribution in [3.63, 3.8) is 0 Å². The highest BCUT2D eigenvalue weighted by atomic mass is 32.2. The summed E-state index contributed by atoms with van der Waals surface area (Å²) in [6.07, 6.45) is 11.7. The maximum Gasteiger partial charge on any atom is 0.410 e. The lowest BCUT2D eigenvalue weighted by Crippen LogP contribution is -2.40. The molecule has 5 aromatic rings. The molecule has 2 fully saturated rings. The average molecular weight is 795 g/mol. The number of imidazole rings is 2. The van der Waals surface area contributed by atoms with Crippen molar-refractivity contribution in [3.8, 4) is 39.5 Å². The highest BCUT2D eigenvalue weighted by molar-refractivity contribution is 8.02. The van der Waals surface area contributed by atoms with Crippen LogP contribution in [0, 0.1) is 11.7 Å². The number of likely N-dealkylation sites (tertiary alicyclic amines) is 2. The van der Waals surface area contributed by atoms with Crippen LogP contribution >= 0.6 is 11.8 Å². The highest BCUT2D eigenvalue weighted by Gasteiger charge is 2.36. The number of nitrogens with zero attached hydrogens (tertiary/aromatic N) is 5. The molecule has 57 heavy (non-hydrogen) atoms. The van der Waals surface area contributed by atoms with Crippen molar-refractivity contribution in [2.75, 3.05) is 25.9 Å². The number of nitrogens with two attached hydrogens (primary N) is 1. The molecule has 1 amide bonds. The second kappa shape index (κ2) is 15.6. The lowest BCUT2D eigenvalue weighted by molar-refractivity contribution is 0.0218. The van der Waals surface area contributed by atoms with Gasteiger partial charge in [-0.2, -0.15) is 0 Å². The zero-order chi connectivity index (χ0) is 40.2. The number of allylic oxidation sites excluding steroid dienone is 1. The summed E-state index contributed by atoms with van der Waals surface area (Å²) in [5, 5.41) is 0.952. The number of halogens is 1. The summed E-state index contributed by atoms with van der Waals surface area (Å²) in [6.45, 7) is 14.5. The standard InChI is InChI=1S/C44H55FN8O3S/c1-8-11-38(57-7)42-53-33-15-14-26(31-22-48-41(49-31)35-13-10-17-52(35)43(54)56-44(4,5)6)18-28(33)20-36(53)39-29(45)19-27(21-37(39)55-42)32-23-47-40(50-32)34-12-9-16-51(34)24-30(46)25(2)3/h11,14-15,18-23,25,30,34-35,42H,8-10,12-13,16-17,24,46H2,1-7H3,(H,47,50)(H,48,49). The fraction of sp³-hybridized carbons (Fsp3) is 0.477. The summed E-state index contributed by atoms with van der Waals surface area (Å²) in [5.41, 5.74) is 11.2. The third-order valence-electron chi connectivity index (χ3n) is 11.5. The number of H-pyrrole nitrogens is 2. The first-order valence-corrected chi connectivity index (χ1v) is 21.5. The number of fused-ring (bicyclic) bond motifs is 5. The van der Waals surface area contributed by atoms with E-state index in [1.807, 2.05) is 33.0 Å². The fourth-order valence-electron chi connectivity index (χ4n) is 8.50. The molecule has 11 nitrogen and oxygen atoms in total. The quantitative estimate of drug-likeness (QED) is 0.127. The summed E-state index contributed by atoms with van der Waals surface area (Å²) in [4.78, 5) is 34.8. The highest BCUT2D eigenvalue weighted by Crippen LogP contribution is 2.49. The minimum absolute atomic E-state index is 0.0913. The molecule has 4 unspecified atom stereocenters. The molecule has 4 N–H and O–H groups in total. The molecule has 3 aliphatic heterocycles. The second-order valence-electron chi connectivity index (χ2n) is 17.0. The number of hydrogen-bond donors (Lipinski definition) is 3. The minimum Gasteiger partial charge on any atom is -0.465 e. The van der Waals surface area contributed by atoms with Gasteiger partial charge in [0.25, 0.3) is 0 Å². The average Bonchev–Trinajstić information content (AvgIpc) is 4.01. The van der Waals surface area contributed by atoms with E-state index < -0.39 is 11.8 Å². The first kappa shape index (κ1) is 39.2. The van der Waals surface area contributed by atoms with Gasteiger partial charge < -0.3 is 25.2 Å². The predicted molar refractivity (Wildman–Crippen MR) is 225 cm³/mol. The zero-order valence-corrected chi connectivity index (χ0v) is 34.9. The van der Waals surface area contributed by atoms with Crippen LogP contribution in [0.15, 0.2) is 59.8 Å². The van der Waals surface area contributed by atoms with Gasteiger partial charge in [-0.05, 0) is 102 Å². The predicted octanol–water partition coefficient (Wildman–Crippen LogP) is 9.97. The number of aromatic nitrogens is 5. The van der Waals surface area contributed by atoms with Crippen molar-refractivity contribution >= 4 is 28.8 Å². The molecule has 3 aliphatic rings. The molecular formula is C44H55FN8O3S. The number of rotatable bonds is 10. The van der Waals surface area contributed by atoms with Gasteiger partial charge in [0.1, 0.15) is 28.8 Å². The summed E-state index contributed by atoms with van der Waals surface area (Å²) >= 11 is 1.64. The molecule has 0 aliphatic carbocycles. The first-order valence-electron chi connectivity index (χ1n) is 20.3. The Morgan fingerprint density at radius 3 is 2.44 bits per heavy atom. The Morgan fingerprint density at radius 1 is 1.04 bits per heavy atom. The molecule has 302 valence electrons. The van der Waals surface area contributed by atoms with Gasteiger partial charge in [-0.1, -0.05) is 32.9 Å². The number of carbonyl (C=O) groups is 1. The van der Waals surface area contributed by atoms with Crippen LogP contribution in [0.3, 0.4) is 0 Å². The van der Waals surface area contributed by atoms with Gasteiger partial charge in [0.2, 0.25) is 6.23 Å². The Bertz CT molecular complexity index is 2300. The summed E-state index contributed by atoms with van der Waals surface area (Å²) < 4.78 is 31.3. The third kappa shape index (κ3) is 7.61. The van der Waals surface area contributed by atoms with E-state index in [2.05, 4.69) is 76.8 Å². The first-order chi connectivity index (χ1) is 27.3. The SMILES string of the molecule is CCC=C(SC)C1Oc2cc(-c3cnc(C4CCCN4CC(N)C(C)C)[nH]3)cc(F)c2-c2cc3cc(-c4cnc(C5CCCN5C(=O)OC(C)(C)C)[nH]4)ccc3n21. The third-order valence-corrected chi connectivity index (χ3v) is 12.3. The van der Waals surface area contributed by atoms with E-state index in [-0.39, 0.29) is 30.0 Å². The number of amides is 1. The van der Waals surface area contributed by atoms with Crippen molar-refractivity contribution in [2.24, 2.45) is 11.7 Å². The van der Waals surface area contributed by atoms with Crippen molar-refractivity contribution in [1.29, 1.82) is 0 Å². The molecule has 2 aromatic carbocycles. The fourth-order valence-corrected chi connectivity index (χ4v) is 9.19. The smallest absolute Gasteiger partial charge is 0.410 e. The number of carbonyl (C=O) groups excluding carboxylic acids is 1. The Kier molecular flexibility index (Phi) is 10.8. The second-order valence-corrected chi connectivity index (χ2v) is 17.8. The number of benzene rings is 2. The van der Waals surface area contributed by atoms with Crippen LogP contribution in [-0.4, -0.2) is 77.9 Å². The lowest BCUT2D eigenvalue weighted by Gasteiger charge is -2.31. The van der Waals surface area contributed by atoms with E-state index in [0.29, 0.717) is 29.3 Å². The van der Waals surface area contributed by atoms with Gasteiger partial charge in [-0.15, -0.1) is 11.8 Å². The maximum absolute atomic E-state index is 16.6. The molecule has 0 bridgehead atoms. The summed E-state index contributed by atoms with van der Waals surface area (Å²) in [7, 11) is 0. The molecule has 6 heterocycles. The van der Waals surface area contributed by atoms with Gasteiger partial charge in [-0.3, -0.25) is 14.4 Å². The number of ether oxygens (including phenoxy) is 2. The normalized spacial score (nSPS) is 20.6. The number of aromatic amines is 2. The van der Waals surface area contributed by atoms with E-state index in [0.717, 1.165) is 95.3 Å². The molecule has 3 aromatic heterocycles. The summed E-state index contributed by atoms with van der Waals surface area (Å²) in [5.74, 6) is 2.15. The summed E-state index contributed by atoms with van der Waals surface area (Å²) in [6, 6.07) is 11.9. The Balaban J connectivity index is 1.13. The topological polar surface area (TPSA) is 130 Å². The van der Waals surface area contributed by atoms with Gasteiger partial charge in [0.05, 0.1) is 52.6 Å². The van der Waals surface area contributed by atoms with Crippen LogP contribution in [-0.2, 0) is 4.74 Å². The maximum atomic E-state index is 16.6. The molecule has 0 saturated carbocycles. The number of thioether (sulfide) groups is 1. The van der Waals surface area contributed by atoms with E-state index in [4.69, 9.17) is 25.2 Å². The van der Waals surface area contributed by atoms with Crippen LogP contribution in [0.5, 0.6) is 5.75 Å². The van der Waals surface area contributed by atoms with E-state index in [1.54, 1.807) is 28.9 Å². The van der Waals surface area contributed by atoms with E-state index in [9.17, 15) is 4.79 Å². The van der Waals surface area contributed by atoms with Gasteiger partial charge in [0.15, 0.2) is 0 Å². The molecule has 0 spiro atoms. The zero-order valence-electron chi connectivity index (χ0n) is 34.1. The van der Waals surface area contributed by atoms with Gasteiger partial charge in [-0.25, -0.2) is 19.2 Å². The Morgan fingerprint density at radius 2 is 1.74 bits per heavy atom. The molecule has 2 saturated heterocycles. The number of hydrogen-bond acceptors (Lipinski definition) is 8. The monoisotopic (exact) mass is 794 g/mol. The van der Waals surface area contributed by atoms with Crippen molar-refractivity contribution < 1.29 is 18.7 Å². The number of nitrogens with one attached hydrogen (secondary N) is 2. The van der Waals surface area contributed by atoms with Crippen molar-refractivity contribution in [2.45, 2.75) is 104 Å². The van der Waals surface area contributed by atoms with E-state index in [1.165, 1.54) is 0 Å². The molecule has 0 radical (unpaired) electrons. The van der Waals surface area contributed by atoms with Crippen molar-refractivity contribution in [3.05, 3.63) is 77.2 Å². The molecular weight excluding hydrogens is 740 g/mol.